The van der Waals surface area contributed by atoms with Gasteiger partial charge in [0, 0.05) is 5.69 Å². The molecule has 2 aromatic carbocycles. The summed E-state index contributed by atoms with van der Waals surface area (Å²) in [5, 5.41) is 4.29. The molecule has 0 aliphatic heterocycles. The summed E-state index contributed by atoms with van der Waals surface area (Å²) >= 11 is 0. The van der Waals surface area contributed by atoms with E-state index < -0.39 is 29.2 Å². The fourth-order valence-corrected chi connectivity index (χ4v) is 2.10. The van der Waals surface area contributed by atoms with E-state index in [9.17, 15) is 22.8 Å². The highest BCUT2D eigenvalue weighted by Gasteiger charge is 2.34. The topological polar surface area (TPSA) is 67.4 Å². The number of amides is 2. The number of nitrogens with one attached hydrogen (secondary N) is 2. The molecule has 0 radical (unpaired) electrons. The summed E-state index contributed by atoms with van der Waals surface area (Å²) in [4.78, 5) is 23.8. The Morgan fingerprint density at radius 2 is 1.50 bits per heavy atom. The molecule has 26 heavy (non-hydrogen) atoms. The summed E-state index contributed by atoms with van der Waals surface area (Å²) in [5.74, 6) is -1.70. The minimum Gasteiger partial charge on any atom is -0.491 e. The quantitative estimate of drug-likeness (QED) is 0.802. The van der Waals surface area contributed by atoms with Gasteiger partial charge in [-0.25, -0.2) is 0 Å². The summed E-state index contributed by atoms with van der Waals surface area (Å²) in [5.41, 5.74) is -1.21. The van der Waals surface area contributed by atoms with Crippen molar-refractivity contribution in [3.05, 3.63) is 54.1 Å². The molecule has 2 rings (SSSR count). The van der Waals surface area contributed by atoms with Crippen LogP contribution in [0.15, 0.2) is 48.5 Å². The first-order valence-corrected chi connectivity index (χ1v) is 7.72. The lowest BCUT2D eigenvalue weighted by molar-refractivity contribution is -0.137. The maximum absolute atomic E-state index is 12.9. The molecule has 0 aromatic heterocycles. The number of carbonyl (C=O) groups excluding carboxylic acids is 2. The smallest absolute Gasteiger partial charge is 0.418 e. The molecule has 2 amide bonds. The maximum atomic E-state index is 12.9. The Kier molecular flexibility index (Phi) is 5.86. The van der Waals surface area contributed by atoms with Crippen molar-refractivity contribution in [3.63, 3.8) is 0 Å². The average Bonchev–Trinajstić information content (AvgIpc) is 2.55. The highest BCUT2D eigenvalue weighted by atomic mass is 19.4. The number of hydrogen-bond acceptors (Lipinski definition) is 3. The largest absolute Gasteiger partial charge is 0.491 e. The fraction of sp³-hybridized carbons (Fsp3) is 0.222. The van der Waals surface area contributed by atoms with E-state index in [4.69, 9.17) is 4.74 Å². The number of ether oxygens (including phenoxy) is 1. The van der Waals surface area contributed by atoms with E-state index in [0.717, 1.165) is 12.1 Å². The molecule has 2 aromatic rings. The van der Waals surface area contributed by atoms with Crippen LogP contribution in [0.5, 0.6) is 5.75 Å². The number of anilines is 2. The van der Waals surface area contributed by atoms with Gasteiger partial charge in [-0.1, -0.05) is 12.1 Å². The Balaban J connectivity index is 2.04. The highest BCUT2D eigenvalue weighted by molar-refractivity contribution is 6.43. The van der Waals surface area contributed by atoms with Crippen LogP contribution in [-0.4, -0.2) is 17.9 Å². The number of para-hydroxylation sites is 1. The van der Waals surface area contributed by atoms with Crippen molar-refractivity contribution in [2.45, 2.75) is 26.1 Å². The van der Waals surface area contributed by atoms with E-state index in [-0.39, 0.29) is 6.10 Å². The van der Waals surface area contributed by atoms with Crippen molar-refractivity contribution in [2.24, 2.45) is 0 Å². The van der Waals surface area contributed by atoms with Crippen LogP contribution in [0.2, 0.25) is 0 Å². The first-order chi connectivity index (χ1) is 12.2. The zero-order valence-corrected chi connectivity index (χ0v) is 14.1. The second-order valence-corrected chi connectivity index (χ2v) is 5.64. The third-order valence-electron chi connectivity index (χ3n) is 3.17. The van der Waals surface area contributed by atoms with Gasteiger partial charge >= 0.3 is 18.0 Å². The van der Waals surface area contributed by atoms with Gasteiger partial charge < -0.3 is 15.4 Å². The van der Waals surface area contributed by atoms with E-state index in [2.05, 4.69) is 5.32 Å². The lowest BCUT2D eigenvalue weighted by Gasteiger charge is -2.13. The molecule has 0 saturated heterocycles. The lowest BCUT2D eigenvalue weighted by Crippen LogP contribution is -2.30. The van der Waals surface area contributed by atoms with E-state index in [1.165, 1.54) is 24.3 Å². The van der Waals surface area contributed by atoms with Crippen molar-refractivity contribution in [2.75, 3.05) is 10.6 Å². The van der Waals surface area contributed by atoms with Crippen LogP contribution >= 0.6 is 0 Å². The second-order valence-electron chi connectivity index (χ2n) is 5.64. The van der Waals surface area contributed by atoms with Crippen LogP contribution in [0.1, 0.15) is 19.4 Å². The van der Waals surface area contributed by atoms with Crippen LogP contribution in [-0.2, 0) is 15.8 Å². The number of alkyl halides is 3. The Hall–Kier alpha value is -3.03. The number of hydrogen-bond donors (Lipinski definition) is 2. The van der Waals surface area contributed by atoms with Crippen molar-refractivity contribution in [1.82, 2.24) is 0 Å². The molecule has 2 N–H and O–H groups in total. The summed E-state index contributed by atoms with van der Waals surface area (Å²) < 4.78 is 44.2. The van der Waals surface area contributed by atoms with Crippen LogP contribution < -0.4 is 15.4 Å². The van der Waals surface area contributed by atoms with E-state index in [1.807, 2.05) is 19.2 Å². The predicted molar refractivity (Wildman–Crippen MR) is 90.9 cm³/mol. The van der Waals surface area contributed by atoms with Crippen molar-refractivity contribution < 1.29 is 27.5 Å². The van der Waals surface area contributed by atoms with E-state index >= 15 is 0 Å². The number of halogens is 3. The van der Waals surface area contributed by atoms with Gasteiger partial charge in [0.15, 0.2) is 0 Å². The Morgan fingerprint density at radius 3 is 2.08 bits per heavy atom. The molecule has 0 heterocycles. The Bertz CT molecular complexity index is 787. The molecule has 0 aliphatic carbocycles. The number of carbonyl (C=O) groups is 2. The number of benzene rings is 2. The third-order valence-corrected chi connectivity index (χ3v) is 3.17. The highest BCUT2D eigenvalue weighted by Crippen LogP contribution is 2.34. The molecule has 0 saturated carbocycles. The molecule has 0 atom stereocenters. The molecule has 0 spiro atoms. The van der Waals surface area contributed by atoms with Gasteiger partial charge in [0.1, 0.15) is 5.75 Å². The van der Waals surface area contributed by atoms with Crippen molar-refractivity contribution in [3.8, 4) is 5.75 Å². The zero-order valence-electron chi connectivity index (χ0n) is 14.1. The first kappa shape index (κ1) is 19.3. The Labute approximate surface area is 148 Å². The Morgan fingerprint density at radius 1 is 0.923 bits per heavy atom. The van der Waals surface area contributed by atoms with Gasteiger partial charge in [0.05, 0.1) is 17.4 Å². The van der Waals surface area contributed by atoms with Crippen molar-refractivity contribution in [1.29, 1.82) is 0 Å². The molecule has 5 nitrogen and oxygen atoms in total. The summed E-state index contributed by atoms with van der Waals surface area (Å²) in [6.07, 6.45) is -4.66. The first-order valence-electron chi connectivity index (χ1n) is 7.72. The average molecular weight is 366 g/mol. The fourth-order valence-electron chi connectivity index (χ4n) is 2.10. The molecule has 0 bridgehead atoms. The molecule has 0 aliphatic rings. The summed E-state index contributed by atoms with van der Waals surface area (Å²) in [7, 11) is 0. The van der Waals surface area contributed by atoms with Crippen LogP contribution in [0, 0.1) is 0 Å². The predicted octanol–water partition coefficient (Wildman–Crippen LogP) is 4.07. The van der Waals surface area contributed by atoms with Gasteiger partial charge in [0.2, 0.25) is 0 Å². The normalized spacial score (nSPS) is 11.2. The molecular formula is C18H17F3N2O3. The van der Waals surface area contributed by atoms with E-state index in [1.54, 1.807) is 12.1 Å². The summed E-state index contributed by atoms with van der Waals surface area (Å²) in [6, 6.07) is 10.7. The van der Waals surface area contributed by atoms with Crippen LogP contribution in [0.3, 0.4) is 0 Å². The molecule has 8 heteroatoms. The van der Waals surface area contributed by atoms with Gasteiger partial charge in [-0.3, -0.25) is 9.59 Å². The van der Waals surface area contributed by atoms with Gasteiger partial charge in [-0.15, -0.1) is 0 Å². The van der Waals surface area contributed by atoms with Crippen molar-refractivity contribution >= 4 is 23.2 Å². The minimum absolute atomic E-state index is 0.0186. The maximum Gasteiger partial charge on any atom is 0.418 e. The molecule has 138 valence electrons. The monoisotopic (exact) mass is 366 g/mol. The van der Waals surface area contributed by atoms with Gasteiger partial charge in [-0.05, 0) is 50.2 Å². The summed E-state index contributed by atoms with van der Waals surface area (Å²) in [6.45, 7) is 3.72. The van der Waals surface area contributed by atoms with Crippen LogP contribution in [0.4, 0.5) is 24.5 Å². The van der Waals surface area contributed by atoms with Crippen LogP contribution in [0.25, 0.3) is 0 Å². The van der Waals surface area contributed by atoms with Gasteiger partial charge in [0.25, 0.3) is 0 Å². The zero-order chi connectivity index (χ0) is 19.3. The molecule has 0 unspecified atom stereocenters. The minimum atomic E-state index is -4.65. The molecular weight excluding hydrogens is 349 g/mol. The second kappa shape index (κ2) is 7.90. The van der Waals surface area contributed by atoms with Gasteiger partial charge in [-0.2, -0.15) is 13.2 Å². The van der Waals surface area contributed by atoms with E-state index in [0.29, 0.717) is 11.4 Å². The lowest BCUT2D eigenvalue weighted by atomic mass is 10.1. The number of rotatable bonds is 4. The SMILES string of the molecule is CC(C)Oc1ccc(NC(=O)C(=O)Nc2ccccc2C(F)(F)F)cc1. The molecule has 0 fully saturated rings. The third kappa shape index (κ3) is 5.23. The standard InChI is InChI=1S/C18H17F3N2O3/c1-11(2)26-13-9-7-12(8-10-13)22-16(24)17(25)23-15-6-4-3-5-14(15)18(19,20)21/h3-11H,1-2H3,(H,22,24)(H,23,25).